The quantitative estimate of drug-likeness (QED) is 0.690. The van der Waals surface area contributed by atoms with Crippen LogP contribution < -0.4 is 5.73 Å². The fourth-order valence-corrected chi connectivity index (χ4v) is 2.70. The van der Waals surface area contributed by atoms with E-state index >= 15 is 0 Å². The Kier molecular flexibility index (Phi) is 6.59. The number of hydrogen-bond donors (Lipinski definition) is 1. The Bertz CT molecular complexity index is 310. The maximum absolute atomic E-state index is 11.8. The van der Waals surface area contributed by atoms with Gasteiger partial charge in [-0.25, -0.2) is 8.42 Å². The number of sulfone groups is 1. The summed E-state index contributed by atoms with van der Waals surface area (Å²) in [6.45, 7) is 6.65. The molecule has 0 rings (SSSR count). The van der Waals surface area contributed by atoms with Crippen molar-refractivity contribution >= 4 is 15.7 Å². The summed E-state index contributed by atoms with van der Waals surface area (Å²) in [5, 5.41) is -0.544. The Balaban J connectivity index is 4.53. The van der Waals surface area contributed by atoms with Crippen molar-refractivity contribution in [3.8, 4) is 0 Å². The van der Waals surface area contributed by atoms with Gasteiger partial charge in [-0.2, -0.15) is 0 Å². The van der Waals surface area contributed by atoms with Crippen LogP contribution in [0.1, 0.15) is 27.2 Å². The van der Waals surface area contributed by atoms with Crippen LogP contribution in [0.4, 0.5) is 0 Å². The van der Waals surface area contributed by atoms with Crippen LogP contribution in [0.3, 0.4) is 0 Å². The molecule has 0 aromatic rings. The summed E-state index contributed by atoms with van der Waals surface area (Å²) < 4.78 is 23.5. The average Bonchev–Trinajstić information content (AvgIpc) is 2.19. The van der Waals surface area contributed by atoms with E-state index in [4.69, 9.17) is 5.73 Å². The Morgan fingerprint density at radius 3 is 2.19 bits per heavy atom. The summed E-state index contributed by atoms with van der Waals surface area (Å²) in [7, 11) is -3.36. The predicted molar refractivity (Wildman–Crippen MR) is 64.8 cm³/mol. The molecule has 0 aromatic heterocycles. The maximum atomic E-state index is 11.8. The molecular weight excluding hydrogens is 228 g/mol. The van der Waals surface area contributed by atoms with Gasteiger partial charge >= 0.3 is 0 Å². The van der Waals surface area contributed by atoms with E-state index < -0.39 is 20.8 Å². The fourth-order valence-electron chi connectivity index (χ4n) is 1.40. The minimum Gasteiger partial charge on any atom is -0.342 e. The Morgan fingerprint density at radius 1 is 1.31 bits per heavy atom. The van der Waals surface area contributed by atoms with Gasteiger partial charge in [-0.15, -0.1) is 0 Å². The Hall–Kier alpha value is -0.620. The molecular formula is C10H22N2O3S. The lowest BCUT2D eigenvalue weighted by Gasteiger charge is -2.19. The van der Waals surface area contributed by atoms with Gasteiger partial charge < -0.3 is 10.6 Å². The molecule has 0 saturated heterocycles. The average molecular weight is 250 g/mol. The second-order valence-electron chi connectivity index (χ2n) is 3.76. The molecule has 0 heterocycles. The highest BCUT2D eigenvalue weighted by molar-refractivity contribution is 7.92. The normalized spacial score (nSPS) is 13.5. The van der Waals surface area contributed by atoms with Gasteiger partial charge in [0.25, 0.3) is 0 Å². The van der Waals surface area contributed by atoms with Gasteiger partial charge in [-0.3, -0.25) is 4.79 Å². The standard InChI is InChI=1S/C10H22N2O3S/c1-4-12(5-2)10(13)8-16(14,15)9(3)6-7-11/h9H,4-8,11H2,1-3H3. The number of amides is 1. The van der Waals surface area contributed by atoms with E-state index in [1.807, 2.05) is 13.8 Å². The minimum atomic E-state index is -3.36. The second-order valence-corrected chi connectivity index (χ2v) is 6.18. The molecule has 2 N–H and O–H groups in total. The number of rotatable bonds is 7. The molecule has 96 valence electrons. The summed E-state index contributed by atoms with van der Waals surface area (Å²) in [4.78, 5) is 13.2. The van der Waals surface area contributed by atoms with Crippen LogP contribution in [0.2, 0.25) is 0 Å². The minimum absolute atomic E-state index is 0.319. The SMILES string of the molecule is CCN(CC)C(=O)CS(=O)(=O)C(C)CCN. The van der Waals surface area contributed by atoms with Crippen molar-refractivity contribution < 1.29 is 13.2 Å². The first-order valence-electron chi connectivity index (χ1n) is 5.58. The van der Waals surface area contributed by atoms with Gasteiger partial charge in [0.05, 0.1) is 5.25 Å². The molecule has 16 heavy (non-hydrogen) atoms. The number of nitrogens with two attached hydrogens (primary N) is 1. The molecule has 1 atom stereocenters. The number of nitrogens with zero attached hydrogens (tertiary/aromatic N) is 1. The Labute approximate surface area is 97.9 Å². The topological polar surface area (TPSA) is 80.5 Å². The van der Waals surface area contributed by atoms with Crippen LogP contribution in [-0.2, 0) is 14.6 Å². The first-order chi connectivity index (χ1) is 7.38. The zero-order chi connectivity index (χ0) is 12.8. The van der Waals surface area contributed by atoms with Crippen molar-refractivity contribution in [1.29, 1.82) is 0 Å². The maximum Gasteiger partial charge on any atom is 0.237 e. The van der Waals surface area contributed by atoms with Crippen LogP contribution in [0.25, 0.3) is 0 Å². The van der Waals surface area contributed by atoms with Gasteiger partial charge in [0.1, 0.15) is 5.75 Å². The first-order valence-corrected chi connectivity index (χ1v) is 7.29. The number of carbonyl (C=O) groups excluding carboxylic acids is 1. The molecule has 0 fully saturated rings. The highest BCUT2D eigenvalue weighted by atomic mass is 32.2. The van der Waals surface area contributed by atoms with E-state index in [0.717, 1.165) is 0 Å². The molecule has 1 unspecified atom stereocenters. The molecule has 5 nitrogen and oxygen atoms in total. The summed E-state index contributed by atoms with van der Waals surface area (Å²) in [5.74, 6) is -0.732. The monoisotopic (exact) mass is 250 g/mol. The summed E-state index contributed by atoms with van der Waals surface area (Å²) in [6, 6.07) is 0. The molecule has 0 saturated carbocycles. The van der Waals surface area contributed by atoms with E-state index in [1.165, 1.54) is 4.90 Å². The van der Waals surface area contributed by atoms with E-state index in [-0.39, 0.29) is 5.91 Å². The van der Waals surface area contributed by atoms with E-state index in [1.54, 1.807) is 6.92 Å². The van der Waals surface area contributed by atoms with Crippen LogP contribution in [0, 0.1) is 0 Å². The predicted octanol–water partition coefficient (Wildman–Crippen LogP) is 0.00690. The van der Waals surface area contributed by atoms with Crippen molar-refractivity contribution in [3.63, 3.8) is 0 Å². The summed E-state index contributed by atoms with van der Waals surface area (Å²) >= 11 is 0. The van der Waals surface area contributed by atoms with Crippen molar-refractivity contribution in [2.75, 3.05) is 25.4 Å². The van der Waals surface area contributed by atoms with Crippen LogP contribution in [0.15, 0.2) is 0 Å². The molecule has 0 aromatic carbocycles. The lowest BCUT2D eigenvalue weighted by atomic mass is 10.3. The van der Waals surface area contributed by atoms with Gasteiger partial charge in [-0.05, 0) is 33.7 Å². The van der Waals surface area contributed by atoms with E-state index in [9.17, 15) is 13.2 Å². The van der Waals surface area contributed by atoms with Gasteiger partial charge in [-0.1, -0.05) is 0 Å². The third-order valence-electron chi connectivity index (χ3n) is 2.63. The first kappa shape index (κ1) is 15.4. The zero-order valence-corrected chi connectivity index (χ0v) is 11.1. The molecule has 0 radical (unpaired) electrons. The third-order valence-corrected chi connectivity index (χ3v) is 4.74. The third kappa shape index (κ3) is 4.49. The van der Waals surface area contributed by atoms with Gasteiger partial charge in [0.2, 0.25) is 5.91 Å². The molecule has 0 bridgehead atoms. The largest absolute Gasteiger partial charge is 0.342 e. The van der Waals surface area contributed by atoms with Crippen LogP contribution >= 0.6 is 0 Å². The van der Waals surface area contributed by atoms with Gasteiger partial charge in [0.15, 0.2) is 9.84 Å². The smallest absolute Gasteiger partial charge is 0.237 e. The Morgan fingerprint density at radius 2 is 1.81 bits per heavy atom. The number of hydrogen-bond acceptors (Lipinski definition) is 4. The highest BCUT2D eigenvalue weighted by Crippen LogP contribution is 2.07. The number of carbonyl (C=O) groups is 1. The van der Waals surface area contributed by atoms with Crippen molar-refractivity contribution in [3.05, 3.63) is 0 Å². The lowest BCUT2D eigenvalue weighted by Crippen LogP contribution is -2.38. The summed E-state index contributed by atoms with van der Waals surface area (Å²) in [6.07, 6.45) is 0.397. The van der Waals surface area contributed by atoms with Crippen LogP contribution in [0.5, 0.6) is 0 Å². The molecule has 0 aliphatic carbocycles. The zero-order valence-electron chi connectivity index (χ0n) is 10.3. The van der Waals surface area contributed by atoms with Crippen molar-refractivity contribution in [2.45, 2.75) is 32.4 Å². The van der Waals surface area contributed by atoms with Gasteiger partial charge in [0, 0.05) is 13.1 Å². The molecule has 0 aliphatic rings. The fraction of sp³-hybridized carbons (Fsp3) is 0.900. The summed E-state index contributed by atoms with van der Waals surface area (Å²) in [5.41, 5.74) is 5.31. The van der Waals surface area contributed by atoms with E-state index in [2.05, 4.69) is 0 Å². The highest BCUT2D eigenvalue weighted by Gasteiger charge is 2.25. The second kappa shape index (κ2) is 6.85. The van der Waals surface area contributed by atoms with Crippen molar-refractivity contribution in [2.24, 2.45) is 5.73 Å². The molecule has 0 aliphatic heterocycles. The molecule has 6 heteroatoms. The van der Waals surface area contributed by atoms with Crippen molar-refractivity contribution in [1.82, 2.24) is 4.90 Å². The molecule has 1 amide bonds. The van der Waals surface area contributed by atoms with Crippen LogP contribution in [-0.4, -0.2) is 49.9 Å². The molecule has 0 spiro atoms. The lowest BCUT2D eigenvalue weighted by molar-refractivity contribution is -0.128. The van der Waals surface area contributed by atoms with E-state index in [0.29, 0.717) is 26.1 Å².